The zero-order valence-electron chi connectivity index (χ0n) is 16.2. The van der Waals surface area contributed by atoms with Crippen LogP contribution in [0.3, 0.4) is 0 Å². The number of aryl methyl sites for hydroxylation is 2. The van der Waals surface area contributed by atoms with Crippen molar-refractivity contribution >= 4 is 11.8 Å². The zero-order chi connectivity index (χ0) is 19.9. The van der Waals surface area contributed by atoms with Crippen LogP contribution in [-0.4, -0.2) is 69.3 Å². The smallest absolute Gasteiger partial charge is 0.271 e. The molecular weight excluding hydrogens is 364 g/mol. The van der Waals surface area contributed by atoms with Crippen LogP contribution in [0, 0.1) is 12.8 Å². The van der Waals surface area contributed by atoms with Crippen molar-refractivity contribution in [1.29, 1.82) is 0 Å². The Balaban J connectivity index is 1.54. The fourth-order valence-electron chi connectivity index (χ4n) is 4.51. The van der Waals surface area contributed by atoms with E-state index in [2.05, 4.69) is 20.4 Å². The Morgan fingerprint density at radius 2 is 2.29 bits per heavy atom. The van der Waals surface area contributed by atoms with Crippen LogP contribution in [0.15, 0.2) is 17.0 Å². The van der Waals surface area contributed by atoms with E-state index in [9.17, 15) is 9.59 Å². The molecule has 0 radical (unpaired) electrons. The van der Waals surface area contributed by atoms with E-state index >= 15 is 0 Å². The monoisotopic (exact) mass is 388 g/mol. The first-order valence-electron chi connectivity index (χ1n) is 9.27. The van der Waals surface area contributed by atoms with E-state index in [0.29, 0.717) is 36.9 Å². The van der Waals surface area contributed by atoms with Crippen molar-refractivity contribution in [2.45, 2.75) is 31.2 Å². The number of hydrogen-bond donors (Lipinski definition) is 1. The van der Waals surface area contributed by atoms with Crippen molar-refractivity contribution in [1.82, 2.24) is 29.9 Å². The molecule has 2 amide bonds. The lowest BCUT2D eigenvalue weighted by atomic mass is 9.80. The average molecular weight is 388 g/mol. The van der Waals surface area contributed by atoms with Crippen molar-refractivity contribution < 1.29 is 18.8 Å². The van der Waals surface area contributed by atoms with Crippen LogP contribution in [0.1, 0.15) is 35.0 Å². The number of amides is 2. The predicted octanol–water partition coefficient (Wildman–Crippen LogP) is 0.0465. The second-order valence-electron chi connectivity index (χ2n) is 7.74. The quantitative estimate of drug-likeness (QED) is 0.769. The van der Waals surface area contributed by atoms with E-state index in [0.717, 1.165) is 6.42 Å². The van der Waals surface area contributed by atoms with E-state index in [-0.39, 0.29) is 30.4 Å². The van der Waals surface area contributed by atoms with Gasteiger partial charge >= 0.3 is 0 Å². The van der Waals surface area contributed by atoms with E-state index in [4.69, 9.17) is 9.26 Å². The average Bonchev–Trinajstić information content (AvgIpc) is 3.38. The highest BCUT2D eigenvalue weighted by Gasteiger charge is 2.58. The van der Waals surface area contributed by atoms with Crippen molar-refractivity contribution in [3.05, 3.63) is 29.9 Å². The molecule has 1 saturated heterocycles. The summed E-state index contributed by atoms with van der Waals surface area (Å²) >= 11 is 0. The minimum atomic E-state index is -0.452. The Labute approximate surface area is 162 Å². The highest BCUT2D eigenvalue weighted by Crippen LogP contribution is 2.50. The van der Waals surface area contributed by atoms with Crippen molar-refractivity contribution in [2.24, 2.45) is 13.0 Å². The van der Waals surface area contributed by atoms with Crippen LogP contribution < -0.4 is 5.32 Å². The van der Waals surface area contributed by atoms with Gasteiger partial charge in [-0.05, 0) is 25.7 Å². The lowest BCUT2D eigenvalue weighted by Gasteiger charge is -2.25. The molecule has 10 nitrogen and oxygen atoms in total. The molecule has 150 valence electrons. The maximum atomic E-state index is 12.5. The Kier molecular flexibility index (Phi) is 4.66. The van der Waals surface area contributed by atoms with E-state index in [1.807, 2.05) is 7.05 Å². The molecule has 0 unspecified atom stereocenters. The van der Waals surface area contributed by atoms with Gasteiger partial charge in [-0.25, -0.2) is 4.98 Å². The van der Waals surface area contributed by atoms with Crippen LogP contribution in [0.25, 0.3) is 0 Å². The van der Waals surface area contributed by atoms with Crippen LogP contribution in [-0.2, 0) is 22.0 Å². The summed E-state index contributed by atoms with van der Waals surface area (Å²) in [7, 11) is 3.33. The molecule has 1 aliphatic carbocycles. The molecule has 0 spiro atoms. The maximum Gasteiger partial charge on any atom is 0.271 e. The lowest BCUT2D eigenvalue weighted by molar-refractivity contribution is -0.134. The summed E-state index contributed by atoms with van der Waals surface area (Å²) in [4.78, 5) is 35.2. The molecule has 0 bridgehead atoms. The molecule has 2 aromatic rings. The zero-order valence-corrected chi connectivity index (χ0v) is 16.2. The van der Waals surface area contributed by atoms with Gasteiger partial charge in [-0.3, -0.25) is 9.59 Å². The van der Waals surface area contributed by atoms with Gasteiger partial charge < -0.3 is 24.0 Å². The third-order valence-corrected chi connectivity index (χ3v) is 5.72. The molecule has 1 N–H and O–H groups in total. The number of carbonyl (C=O) groups is 2. The van der Waals surface area contributed by atoms with Gasteiger partial charge in [0.2, 0.25) is 11.8 Å². The topological polar surface area (TPSA) is 115 Å². The molecule has 4 rings (SSSR count). The second-order valence-corrected chi connectivity index (χ2v) is 7.74. The summed E-state index contributed by atoms with van der Waals surface area (Å²) < 4.78 is 12.3. The van der Waals surface area contributed by atoms with Gasteiger partial charge in [-0.1, -0.05) is 5.16 Å². The van der Waals surface area contributed by atoms with Crippen LogP contribution in [0.2, 0.25) is 0 Å². The first-order chi connectivity index (χ1) is 13.4. The number of hydrogen-bond acceptors (Lipinski definition) is 7. The molecule has 2 aromatic heterocycles. The fraction of sp³-hybridized carbons (Fsp3) is 0.611. The number of likely N-dealkylation sites (tertiary alicyclic amines) is 1. The standard InChI is InChI=1S/C18H24N6O4/c1-11-20-17(28-22-11)18-5-13(21-16(26)14-7-23(2)10-19-14)4-12(18)6-24(9-18)15(25)8-27-3/h7,10,12-13H,4-6,8-9H2,1-3H3,(H,21,26)/t12-,13+,18-/m0/s1. The Bertz CT molecular complexity index is 892. The molecule has 2 fully saturated rings. The van der Waals surface area contributed by atoms with Crippen LogP contribution in [0.5, 0.6) is 0 Å². The van der Waals surface area contributed by atoms with Gasteiger partial charge in [-0.2, -0.15) is 4.98 Å². The highest BCUT2D eigenvalue weighted by atomic mass is 16.5. The Hall–Kier alpha value is -2.75. The minimum absolute atomic E-state index is 0.0471. The van der Waals surface area contributed by atoms with Gasteiger partial charge in [0.05, 0.1) is 11.7 Å². The van der Waals surface area contributed by atoms with Gasteiger partial charge in [0, 0.05) is 39.5 Å². The summed E-state index contributed by atoms with van der Waals surface area (Å²) in [5.41, 5.74) is -0.0636. The third kappa shape index (κ3) is 3.17. The third-order valence-electron chi connectivity index (χ3n) is 5.72. The summed E-state index contributed by atoms with van der Waals surface area (Å²) in [5, 5.41) is 7.02. The number of nitrogens with zero attached hydrogens (tertiary/aromatic N) is 5. The Morgan fingerprint density at radius 3 is 2.93 bits per heavy atom. The minimum Gasteiger partial charge on any atom is -0.375 e. The van der Waals surface area contributed by atoms with Gasteiger partial charge in [0.1, 0.15) is 12.3 Å². The van der Waals surface area contributed by atoms with E-state index in [1.165, 1.54) is 7.11 Å². The van der Waals surface area contributed by atoms with Gasteiger partial charge in [-0.15, -0.1) is 0 Å². The maximum absolute atomic E-state index is 12.5. The molecule has 10 heteroatoms. The van der Waals surface area contributed by atoms with Crippen molar-refractivity contribution in [3.63, 3.8) is 0 Å². The number of carbonyl (C=O) groups excluding carboxylic acids is 2. The number of aromatic nitrogens is 4. The predicted molar refractivity (Wildman–Crippen MR) is 96.4 cm³/mol. The lowest BCUT2D eigenvalue weighted by Crippen LogP contribution is -2.40. The first kappa shape index (κ1) is 18.6. The molecule has 0 aromatic carbocycles. The fourth-order valence-corrected chi connectivity index (χ4v) is 4.51. The summed E-state index contributed by atoms with van der Waals surface area (Å²) in [6.07, 6.45) is 4.65. The number of fused-ring (bicyclic) bond motifs is 1. The molecular formula is C18H24N6O4. The molecule has 1 aliphatic heterocycles. The van der Waals surface area contributed by atoms with Gasteiger partial charge in [0.25, 0.3) is 5.91 Å². The van der Waals surface area contributed by atoms with Crippen LogP contribution in [0.4, 0.5) is 0 Å². The van der Waals surface area contributed by atoms with E-state index in [1.54, 1.807) is 28.9 Å². The van der Waals surface area contributed by atoms with E-state index < -0.39 is 5.41 Å². The SMILES string of the molecule is COCC(=O)N1C[C@@H]2C[C@@H](NC(=O)c3cn(C)cn3)C[C@]2(c2nc(C)no2)C1. The largest absolute Gasteiger partial charge is 0.375 e. The number of methoxy groups -OCH3 is 1. The number of rotatable bonds is 5. The molecule has 28 heavy (non-hydrogen) atoms. The number of ether oxygens (including phenoxy) is 1. The molecule has 3 heterocycles. The molecule has 3 atom stereocenters. The molecule has 1 saturated carbocycles. The van der Waals surface area contributed by atoms with Gasteiger partial charge in [0.15, 0.2) is 5.82 Å². The summed E-state index contributed by atoms with van der Waals surface area (Å²) in [6, 6.07) is -0.0496. The second kappa shape index (κ2) is 7.01. The first-order valence-corrected chi connectivity index (χ1v) is 9.27. The summed E-state index contributed by atoms with van der Waals surface area (Å²) in [6.45, 7) is 2.89. The summed E-state index contributed by atoms with van der Waals surface area (Å²) in [5.74, 6) is 0.974. The Morgan fingerprint density at radius 1 is 1.46 bits per heavy atom. The number of imidazole rings is 1. The van der Waals surface area contributed by atoms with Crippen molar-refractivity contribution in [3.8, 4) is 0 Å². The van der Waals surface area contributed by atoms with Crippen LogP contribution >= 0.6 is 0 Å². The van der Waals surface area contributed by atoms with Crippen molar-refractivity contribution in [2.75, 3.05) is 26.8 Å². The normalized spacial score (nSPS) is 26.5. The molecule has 2 aliphatic rings. The highest BCUT2D eigenvalue weighted by molar-refractivity contribution is 5.92. The number of nitrogens with one attached hydrogen (secondary N) is 1.